The van der Waals surface area contributed by atoms with Gasteiger partial charge in [-0.1, -0.05) is 0 Å². The van der Waals surface area contributed by atoms with E-state index in [1.54, 1.807) is 6.20 Å². The van der Waals surface area contributed by atoms with Gasteiger partial charge in [0, 0.05) is 18.8 Å². The van der Waals surface area contributed by atoms with Gasteiger partial charge in [-0.15, -0.1) is 0 Å². The Kier molecular flexibility index (Phi) is 4.20. The van der Waals surface area contributed by atoms with Gasteiger partial charge in [0.25, 0.3) is 0 Å². The predicted octanol–water partition coefficient (Wildman–Crippen LogP) is 2.03. The normalized spacial score (nSPS) is 20.3. The topological polar surface area (TPSA) is 46.2 Å². The van der Waals surface area contributed by atoms with E-state index in [2.05, 4.69) is 15.6 Å². The quantitative estimate of drug-likeness (QED) is 0.838. The minimum atomic E-state index is 0.148. The monoisotopic (exact) mass is 235 g/mol. The number of pyridine rings is 1. The predicted molar refractivity (Wildman–Crippen MR) is 69.5 cm³/mol. The summed E-state index contributed by atoms with van der Waals surface area (Å²) in [5.41, 5.74) is 0.995. The van der Waals surface area contributed by atoms with Crippen molar-refractivity contribution in [2.45, 2.75) is 38.8 Å². The molecule has 0 aromatic carbocycles. The van der Waals surface area contributed by atoms with Crippen molar-refractivity contribution in [3.05, 3.63) is 18.3 Å². The Morgan fingerprint density at radius 3 is 3.12 bits per heavy atom. The highest BCUT2D eigenvalue weighted by Gasteiger charge is 2.15. The van der Waals surface area contributed by atoms with Crippen LogP contribution in [0.15, 0.2) is 18.3 Å². The van der Waals surface area contributed by atoms with Gasteiger partial charge in [-0.2, -0.15) is 0 Å². The van der Waals surface area contributed by atoms with Crippen molar-refractivity contribution >= 4 is 5.69 Å². The molecule has 1 aliphatic rings. The summed E-state index contributed by atoms with van der Waals surface area (Å²) in [5.74, 6) is 0.702. The Balaban J connectivity index is 2.03. The van der Waals surface area contributed by atoms with E-state index in [-0.39, 0.29) is 6.10 Å². The van der Waals surface area contributed by atoms with E-state index in [4.69, 9.17) is 4.74 Å². The van der Waals surface area contributed by atoms with E-state index >= 15 is 0 Å². The SMILES string of the molecule is CC(C)Oc1ncccc1NC1CCCNC1. The zero-order valence-corrected chi connectivity index (χ0v) is 10.6. The lowest BCUT2D eigenvalue weighted by Crippen LogP contribution is -2.38. The smallest absolute Gasteiger partial charge is 0.237 e. The van der Waals surface area contributed by atoms with Crippen molar-refractivity contribution in [3.8, 4) is 5.88 Å². The van der Waals surface area contributed by atoms with Crippen LogP contribution in [0.25, 0.3) is 0 Å². The van der Waals surface area contributed by atoms with Crippen LogP contribution in [0.1, 0.15) is 26.7 Å². The summed E-state index contributed by atoms with van der Waals surface area (Å²) >= 11 is 0. The van der Waals surface area contributed by atoms with Crippen molar-refractivity contribution in [2.24, 2.45) is 0 Å². The summed E-state index contributed by atoms with van der Waals surface area (Å²) in [6.07, 6.45) is 4.33. The summed E-state index contributed by atoms with van der Waals surface area (Å²) < 4.78 is 5.69. The molecule has 2 N–H and O–H groups in total. The Labute approximate surface area is 103 Å². The third-order valence-corrected chi connectivity index (χ3v) is 2.77. The summed E-state index contributed by atoms with van der Waals surface area (Å²) in [7, 11) is 0. The first kappa shape index (κ1) is 12.2. The Morgan fingerprint density at radius 1 is 1.53 bits per heavy atom. The second-order valence-corrected chi connectivity index (χ2v) is 4.71. The molecule has 0 bridgehead atoms. The van der Waals surface area contributed by atoms with Crippen LogP contribution < -0.4 is 15.4 Å². The lowest BCUT2D eigenvalue weighted by molar-refractivity contribution is 0.233. The molecule has 0 spiro atoms. The first-order valence-electron chi connectivity index (χ1n) is 6.34. The fourth-order valence-corrected chi connectivity index (χ4v) is 2.01. The molecule has 4 heteroatoms. The number of hydrogen-bond acceptors (Lipinski definition) is 4. The van der Waals surface area contributed by atoms with Crippen molar-refractivity contribution in [2.75, 3.05) is 18.4 Å². The van der Waals surface area contributed by atoms with Gasteiger partial charge in [-0.25, -0.2) is 4.98 Å². The number of hydrogen-bond donors (Lipinski definition) is 2. The van der Waals surface area contributed by atoms with Gasteiger partial charge in [-0.3, -0.25) is 0 Å². The minimum absolute atomic E-state index is 0.148. The zero-order valence-electron chi connectivity index (χ0n) is 10.6. The van der Waals surface area contributed by atoms with Crippen molar-refractivity contribution < 1.29 is 4.74 Å². The molecule has 2 heterocycles. The van der Waals surface area contributed by atoms with Crippen LogP contribution in [-0.2, 0) is 0 Å². The van der Waals surface area contributed by atoms with Crippen LogP contribution in [0.3, 0.4) is 0 Å². The highest BCUT2D eigenvalue weighted by molar-refractivity contribution is 5.52. The van der Waals surface area contributed by atoms with Gasteiger partial charge in [-0.05, 0) is 45.4 Å². The van der Waals surface area contributed by atoms with E-state index in [9.17, 15) is 0 Å². The molecule has 1 unspecified atom stereocenters. The van der Waals surface area contributed by atoms with Crippen LogP contribution in [0, 0.1) is 0 Å². The van der Waals surface area contributed by atoms with Crippen LogP contribution >= 0.6 is 0 Å². The molecule has 1 aromatic rings. The molecule has 4 nitrogen and oxygen atoms in total. The van der Waals surface area contributed by atoms with E-state index in [1.165, 1.54) is 12.8 Å². The molecule has 1 saturated heterocycles. The summed E-state index contributed by atoms with van der Waals surface area (Å²) in [4.78, 5) is 4.28. The maximum Gasteiger partial charge on any atom is 0.237 e. The number of rotatable bonds is 4. The molecule has 0 amide bonds. The van der Waals surface area contributed by atoms with E-state index in [1.807, 2.05) is 26.0 Å². The van der Waals surface area contributed by atoms with Gasteiger partial charge in [0.1, 0.15) is 0 Å². The molecule has 2 rings (SSSR count). The van der Waals surface area contributed by atoms with Crippen molar-refractivity contribution in [1.82, 2.24) is 10.3 Å². The average molecular weight is 235 g/mol. The Hall–Kier alpha value is -1.29. The van der Waals surface area contributed by atoms with Gasteiger partial charge in [0.2, 0.25) is 5.88 Å². The second-order valence-electron chi connectivity index (χ2n) is 4.71. The van der Waals surface area contributed by atoms with E-state index in [0.717, 1.165) is 18.8 Å². The third-order valence-electron chi connectivity index (χ3n) is 2.77. The van der Waals surface area contributed by atoms with Crippen molar-refractivity contribution in [1.29, 1.82) is 0 Å². The lowest BCUT2D eigenvalue weighted by atomic mass is 10.1. The fourth-order valence-electron chi connectivity index (χ4n) is 2.01. The van der Waals surface area contributed by atoms with Crippen LogP contribution in [-0.4, -0.2) is 30.2 Å². The van der Waals surface area contributed by atoms with Crippen LogP contribution in [0.4, 0.5) is 5.69 Å². The Bertz CT molecular complexity index is 348. The molecule has 0 saturated carbocycles. The minimum Gasteiger partial charge on any atom is -0.473 e. The zero-order chi connectivity index (χ0) is 12.1. The van der Waals surface area contributed by atoms with Gasteiger partial charge in [0.05, 0.1) is 11.8 Å². The van der Waals surface area contributed by atoms with Gasteiger partial charge < -0.3 is 15.4 Å². The number of nitrogens with one attached hydrogen (secondary N) is 2. The molecular formula is C13H21N3O. The lowest BCUT2D eigenvalue weighted by Gasteiger charge is -2.25. The highest BCUT2D eigenvalue weighted by Crippen LogP contribution is 2.23. The average Bonchev–Trinajstić information content (AvgIpc) is 2.32. The molecule has 1 atom stereocenters. The summed E-state index contributed by atoms with van der Waals surface area (Å²) in [6.45, 7) is 6.16. The maximum absolute atomic E-state index is 5.69. The van der Waals surface area contributed by atoms with E-state index < -0.39 is 0 Å². The first-order chi connectivity index (χ1) is 8.25. The Morgan fingerprint density at radius 2 is 2.41 bits per heavy atom. The molecule has 1 aromatic heterocycles. The molecule has 0 aliphatic carbocycles. The number of piperidine rings is 1. The first-order valence-corrected chi connectivity index (χ1v) is 6.34. The van der Waals surface area contributed by atoms with Crippen LogP contribution in [0.2, 0.25) is 0 Å². The fraction of sp³-hybridized carbons (Fsp3) is 0.615. The van der Waals surface area contributed by atoms with Gasteiger partial charge >= 0.3 is 0 Å². The second kappa shape index (κ2) is 5.87. The largest absolute Gasteiger partial charge is 0.473 e. The maximum atomic E-state index is 5.69. The van der Waals surface area contributed by atoms with Crippen LogP contribution in [0.5, 0.6) is 5.88 Å². The standard InChI is InChI=1S/C13H21N3O/c1-10(2)17-13-12(6-4-8-15-13)16-11-5-3-7-14-9-11/h4,6,8,10-11,14,16H,3,5,7,9H2,1-2H3. The summed E-state index contributed by atoms with van der Waals surface area (Å²) in [6, 6.07) is 4.44. The number of aromatic nitrogens is 1. The number of ether oxygens (including phenoxy) is 1. The highest BCUT2D eigenvalue weighted by atomic mass is 16.5. The van der Waals surface area contributed by atoms with Gasteiger partial charge in [0.15, 0.2) is 0 Å². The number of nitrogens with zero attached hydrogens (tertiary/aromatic N) is 1. The molecule has 1 fully saturated rings. The molecule has 0 radical (unpaired) electrons. The van der Waals surface area contributed by atoms with E-state index in [0.29, 0.717) is 11.9 Å². The van der Waals surface area contributed by atoms with Crippen molar-refractivity contribution in [3.63, 3.8) is 0 Å². The number of anilines is 1. The third kappa shape index (κ3) is 3.60. The summed E-state index contributed by atoms with van der Waals surface area (Å²) in [5, 5.41) is 6.90. The molecular weight excluding hydrogens is 214 g/mol. The molecule has 1 aliphatic heterocycles. The molecule has 94 valence electrons. The molecule has 17 heavy (non-hydrogen) atoms.